The monoisotopic (exact) mass is 374 g/mol. The van der Waals surface area contributed by atoms with Crippen molar-refractivity contribution < 1.29 is 10.0 Å². The van der Waals surface area contributed by atoms with Gasteiger partial charge in [-0.3, -0.25) is 0 Å². The van der Waals surface area contributed by atoms with Gasteiger partial charge in [0.2, 0.25) is 0 Å². The SMILES string of the molecule is OB(O)c1ccccc1-c1c2ccccc2c(-c2ccccc2)c2ccccc12. The first-order valence-corrected chi connectivity index (χ1v) is 9.70. The normalized spacial score (nSPS) is 11.1. The summed E-state index contributed by atoms with van der Waals surface area (Å²) in [6, 6.07) is 34.6. The molecule has 0 amide bonds. The molecular weight excluding hydrogens is 355 g/mol. The highest BCUT2D eigenvalue weighted by Gasteiger charge is 2.21. The summed E-state index contributed by atoms with van der Waals surface area (Å²) < 4.78 is 0. The number of hydrogen-bond acceptors (Lipinski definition) is 2. The van der Waals surface area contributed by atoms with Crippen LogP contribution in [0, 0.1) is 0 Å². The predicted octanol–water partition coefficient (Wildman–Crippen LogP) is 5.01. The number of fused-ring (bicyclic) bond motifs is 2. The lowest BCUT2D eigenvalue weighted by atomic mass is 9.73. The van der Waals surface area contributed by atoms with Crippen molar-refractivity contribution in [3.63, 3.8) is 0 Å². The van der Waals surface area contributed by atoms with Gasteiger partial charge in [0.1, 0.15) is 0 Å². The summed E-state index contributed by atoms with van der Waals surface area (Å²) in [4.78, 5) is 0. The van der Waals surface area contributed by atoms with Crippen LogP contribution < -0.4 is 5.46 Å². The molecule has 0 aromatic heterocycles. The van der Waals surface area contributed by atoms with Crippen LogP contribution in [-0.4, -0.2) is 17.2 Å². The molecule has 0 atom stereocenters. The first kappa shape index (κ1) is 17.7. The Morgan fingerprint density at radius 3 is 1.45 bits per heavy atom. The lowest BCUT2D eigenvalue weighted by Gasteiger charge is -2.19. The molecule has 0 aliphatic carbocycles. The molecule has 0 aliphatic heterocycles. The number of hydrogen-bond donors (Lipinski definition) is 2. The van der Waals surface area contributed by atoms with Crippen LogP contribution in [-0.2, 0) is 0 Å². The van der Waals surface area contributed by atoms with E-state index >= 15 is 0 Å². The summed E-state index contributed by atoms with van der Waals surface area (Å²) in [7, 11) is -1.53. The van der Waals surface area contributed by atoms with Gasteiger partial charge in [-0.25, -0.2) is 0 Å². The number of benzene rings is 5. The second-order valence-electron chi connectivity index (χ2n) is 7.17. The van der Waals surface area contributed by atoms with Crippen LogP contribution in [0.1, 0.15) is 0 Å². The Balaban J connectivity index is 2.00. The molecule has 0 unspecified atom stereocenters. The standard InChI is InChI=1S/C26H19BO2/c28-27(29)24-17-9-8-16-23(24)26-21-14-6-4-12-19(21)25(18-10-2-1-3-11-18)20-13-5-7-15-22(20)26/h1-17,28-29H. The Morgan fingerprint density at radius 1 is 0.448 bits per heavy atom. The van der Waals surface area contributed by atoms with E-state index in [1.807, 2.05) is 36.4 Å². The number of rotatable bonds is 3. The van der Waals surface area contributed by atoms with Crippen LogP contribution >= 0.6 is 0 Å². The molecule has 0 bridgehead atoms. The fourth-order valence-electron chi connectivity index (χ4n) is 4.28. The van der Waals surface area contributed by atoms with E-state index in [1.165, 1.54) is 11.1 Å². The highest BCUT2D eigenvalue weighted by Crippen LogP contribution is 2.42. The van der Waals surface area contributed by atoms with Crippen LogP contribution in [0.4, 0.5) is 0 Å². The molecule has 5 aromatic rings. The van der Waals surface area contributed by atoms with E-state index in [4.69, 9.17) is 0 Å². The van der Waals surface area contributed by atoms with Crippen molar-refractivity contribution >= 4 is 34.1 Å². The molecule has 0 spiro atoms. The Hall–Kier alpha value is -3.40. The average molecular weight is 374 g/mol. The van der Waals surface area contributed by atoms with Gasteiger partial charge in [-0.1, -0.05) is 103 Å². The van der Waals surface area contributed by atoms with Crippen LogP contribution in [0.2, 0.25) is 0 Å². The predicted molar refractivity (Wildman–Crippen MR) is 122 cm³/mol. The summed E-state index contributed by atoms with van der Waals surface area (Å²) in [5.41, 5.74) is 4.74. The van der Waals surface area contributed by atoms with E-state index in [9.17, 15) is 10.0 Å². The Morgan fingerprint density at radius 2 is 0.897 bits per heavy atom. The van der Waals surface area contributed by atoms with Crippen molar-refractivity contribution in [3.8, 4) is 22.3 Å². The lowest BCUT2D eigenvalue weighted by Crippen LogP contribution is -2.31. The maximum atomic E-state index is 10.00. The van der Waals surface area contributed by atoms with Gasteiger partial charge < -0.3 is 10.0 Å². The van der Waals surface area contributed by atoms with Crippen molar-refractivity contribution in [3.05, 3.63) is 103 Å². The lowest BCUT2D eigenvalue weighted by molar-refractivity contribution is 0.426. The second-order valence-corrected chi connectivity index (χ2v) is 7.17. The molecule has 5 aromatic carbocycles. The van der Waals surface area contributed by atoms with Crippen molar-refractivity contribution in [1.29, 1.82) is 0 Å². The summed E-state index contributed by atoms with van der Waals surface area (Å²) in [6.07, 6.45) is 0. The van der Waals surface area contributed by atoms with E-state index in [0.717, 1.165) is 32.7 Å². The molecule has 0 saturated heterocycles. The minimum atomic E-state index is -1.53. The molecule has 0 heterocycles. The zero-order chi connectivity index (χ0) is 19.8. The van der Waals surface area contributed by atoms with Gasteiger partial charge in [0, 0.05) is 0 Å². The van der Waals surface area contributed by atoms with E-state index in [2.05, 4.69) is 60.7 Å². The summed E-state index contributed by atoms with van der Waals surface area (Å²) in [5.74, 6) is 0. The molecule has 0 fully saturated rings. The van der Waals surface area contributed by atoms with Gasteiger partial charge in [0.05, 0.1) is 0 Å². The molecule has 2 nitrogen and oxygen atoms in total. The van der Waals surface area contributed by atoms with Crippen LogP contribution in [0.15, 0.2) is 103 Å². The molecule has 0 radical (unpaired) electrons. The molecule has 5 rings (SSSR count). The van der Waals surface area contributed by atoms with Crippen molar-refractivity contribution in [2.75, 3.05) is 0 Å². The first-order chi connectivity index (χ1) is 14.3. The quantitative estimate of drug-likeness (QED) is 0.344. The van der Waals surface area contributed by atoms with E-state index in [0.29, 0.717) is 5.46 Å². The summed E-state index contributed by atoms with van der Waals surface area (Å²) >= 11 is 0. The fourth-order valence-corrected chi connectivity index (χ4v) is 4.28. The minimum Gasteiger partial charge on any atom is -0.423 e. The summed E-state index contributed by atoms with van der Waals surface area (Å²) in [6.45, 7) is 0. The zero-order valence-corrected chi connectivity index (χ0v) is 15.8. The third kappa shape index (κ3) is 2.92. The van der Waals surface area contributed by atoms with Crippen LogP contribution in [0.3, 0.4) is 0 Å². The van der Waals surface area contributed by atoms with Gasteiger partial charge in [-0.05, 0) is 49.3 Å². The Bertz CT molecular complexity index is 1270. The van der Waals surface area contributed by atoms with Crippen molar-refractivity contribution in [2.45, 2.75) is 0 Å². The van der Waals surface area contributed by atoms with Gasteiger partial charge in [0.15, 0.2) is 0 Å². The Labute approximate surface area is 169 Å². The zero-order valence-electron chi connectivity index (χ0n) is 15.8. The third-order valence-electron chi connectivity index (χ3n) is 5.50. The highest BCUT2D eigenvalue weighted by atomic mass is 16.4. The highest BCUT2D eigenvalue weighted by molar-refractivity contribution is 6.60. The van der Waals surface area contributed by atoms with Gasteiger partial charge >= 0.3 is 7.12 Å². The van der Waals surface area contributed by atoms with E-state index < -0.39 is 7.12 Å². The average Bonchev–Trinajstić information content (AvgIpc) is 2.78. The molecular formula is C26H19BO2. The molecule has 3 heteroatoms. The van der Waals surface area contributed by atoms with Crippen LogP contribution in [0.25, 0.3) is 43.8 Å². The Kier molecular flexibility index (Phi) is 4.40. The molecule has 2 N–H and O–H groups in total. The van der Waals surface area contributed by atoms with Crippen molar-refractivity contribution in [2.24, 2.45) is 0 Å². The maximum absolute atomic E-state index is 10.00. The minimum absolute atomic E-state index is 0.510. The van der Waals surface area contributed by atoms with Crippen molar-refractivity contribution in [1.82, 2.24) is 0 Å². The fraction of sp³-hybridized carbons (Fsp3) is 0. The second kappa shape index (κ2) is 7.21. The van der Waals surface area contributed by atoms with E-state index in [-0.39, 0.29) is 0 Å². The molecule has 29 heavy (non-hydrogen) atoms. The smallest absolute Gasteiger partial charge is 0.423 e. The molecule has 0 aliphatic rings. The topological polar surface area (TPSA) is 40.5 Å². The molecule has 0 saturated carbocycles. The summed E-state index contributed by atoms with van der Waals surface area (Å²) in [5, 5.41) is 24.5. The van der Waals surface area contributed by atoms with Gasteiger partial charge in [0.25, 0.3) is 0 Å². The first-order valence-electron chi connectivity index (χ1n) is 9.70. The van der Waals surface area contributed by atoms with Crippen LogP contribution in [0.5, 0.6) is 0 Å². The largest absolute Gasteiger partial charge is 0.489 e. The molecule has 138 valence electrons. The van der Waals surface area contributed by atoms with E-state index in [1.54, 1.807) is 6.07 Å². The third-order valence-corrected chi connectivity index (χ3v) is 5.50. The van der Waals surface area contributed by atoms with Gasteiger partial charge in [-0.15, -0.1) is 0 Å². The maximum Gasteiger partial charge on any atom is 0.489 e. The van der Waals surface area contributed by atoms with Gasteiger partial charge in [-0.2, -0.15) is 0 Å².